The number of hydrogen-bond acceptors (Lipinski definition) is 3. The van der Waals surface area contributed by atoms with Gasteiger partial charge in [-0.15, -0.1) is 23.7 Å². The van der Waals surface area contributed by atoms with E-state index in [0.717, 1.165) is 24.3 Å². The van der Waals surface area contributed by atoms with Gasteiger partial charge in [-0.3, -0.25) is 9.69 Å². The van der Waals surface area contributed by atoms with Crippen molar-refractivity contribution in [1.82, 2.24) is 10.2 Å². The first-order chi connectivity index (χ1) is 12.7. The van der Waals surface area contributed by atoms with Gasteiger partial charge in [0.05, 0.1) is 6.04 Å². The van der Waals surface area contributed by atoms with Crippen LogP contribution in [0.2, 0.25) is 0 Å². The molecule has 5 aliphatic rings. The van der Waals surface area contributed by atoms with Crippen LogP contribution >= 0.6 is 23.7 Å². The largest absolute Gasteiger partial charge is 0.354 e. The molecule has 1 aromatic heterocycles. The molecule has 4 saturated carbocycles. The summed E-state index contributed by atoms with van der Waals surface area (Å²) < 4.78 is 0. The minimum atomic E-state index is -0.0172. The number of rotatable bonds is 5. The van der Waals surface area contributed by atoms with E-state index in [2.05, 4.69) is 27.7 Å². The van der Waals surface area contributed by atoms with Gasteiger partial charge in [0.25, 0.3) is 0 Å². The molecule has 5 fully saturated rings. The number of nitrogens with zero attached hydrogens (tertiary/aromatic N) is 1. The zero-order valence-electron chi connectivity index (χ0n) is 16.2. The van der Waals surface area contributed by atoms with Crippen LogP contribution in [0.1, 0.15) is 68.7 Å². The third-order valence-corrected chi connectivity index (χ3v) is 8.65. The van der Waals surface area contributed by atoms with Crippen LogP contribution in [0, 0.1) is 23.2 Å². The van der Waals surface area contributed by atoms with E-state index >= 15 is 0 Å². The smallest absolute Gasteiger partial charge is 0.226 e. The number of piperidine rings is 1. The number of nitrogens with one attached hydrogen (secondary N) is 1. The highest BCUT2D eigenvalue weighted by molar-refractivity contribution is 7.10. The van der Waals surface area contributed by atoms with Gasteiger partial charge in [0.2, 0.25) is 5.91 Å². The molecule has 4 aliphatic carbocycles. The highest BCUT2D eigenvalue weighted by atomic mass is 35.5. The first kappa shape index (κ1) is 19.7. The van der Waals surface area contributed by atoms with Gasteiger partial charge in [-0.25, -0.2) is 0 Å². The first-order valence-electron chi connectivity index (χ1n) is 10.8. The summed E-state index contributed by atoms with van der Waals surface area (Å²) in [4.78, 5) is 17.3. The molecular weight excluding hydrogens is 376 g/mol. The Kier molecular flexibility index (Phi) is 5.87. The van der Waals surface area contributed by atoms with Gasteiger partial charge >= 0.3 is 0 Å². The molecule has 4 bridgehead atoms. The Morgan fingerprint density at radius 2 is 1.74 bits per heavy atom. The number of likely N-dealkylation sites (tertiary alicyclic amines) is 1. The van der Waals surface area contributed by atoms with Crippen LogP contribution in [-0.2, 0) is 4.79 Å². The molecule has 1 N–H and O–H groups in total. The molecule has 1 aliphatic heterocycles. The summed E-state index contributed by atoms with van der Waals surface area (Å²) >= 11 is 1.84. The van der Waals surface area contributed by atoms with E-state index in [4.69, 9.17) is 0 Å². The molecular formula is C22H33ClN2OS. The van der Waals surface area contributed by atoms with Gasteiger partial charge in [-0.1, -0.05) is 12.5 Å². The van der Waals surface area contributed by atoms with Crippen molar-refractivity contribution < 1.29 is 4.79 Å². The number of hydrogen-bond donors (Lipinski definition) is 1. The molecule has 1 amide bonds. The zero-order chi connectivity index (χ0) is 17.6. The Morgan fingerprint density at radius 3 is 2.30 bits per heavy atom. The summed E-state index contributed by atoms with van der Waals surface area (Å²) in [6, 6.07) is 4.77. The molecule has 1 aromatic rings. The van der Waals surface area contributed by atoms with Gasteiger partial charge in [0.1, 0.15) is 0 Å². The molecule has 3 nitrogen and oxygen atoms in total. The summed E-state index contributed by atoms with van der Waals surface area (Å²) in [6.07, 6.45) is 11.6. The maximum atomic E-state index is 13.3. The van der Waals surface area contributed by atoms with E-state index in [1.54, 1.807) is 0 Å². The van der Waals surface area contributed by atoms with Crippen molar-refractivity contribution in [2.24, 2.45) is 23.2 Å². The molecule has 1 unspecified atom stereocenters. The Morgan fingerprint density at radius 1 is 1.11 bits per heavy atom. The van der Waals surface area contributed by atoms with Crippen LogP contribution in [0.25, 0.3) is 0 Å². The molecule has 2 heterocycles. The zero-order valence-corrected chi connectivity index (χ0v) is 17.8. The van der Waals surface area contributed by atoms with Gasteiger partial charge in [-0.2, -0.15) is 0 Å². The average molecular weight is 409 g/mol. The molecule has 0 radical (unpaired) electrons. The van der Waals surface area contributed by atoms with E-state index in [-0.39, 0.29) is 17.8 Å². The van der Waals surface area contributed by atoms with Crippen molar-refractivity contribution in [3.8, 4) is 0 Å². The second-order valence-electron chi connectivity index (χ2n) is 9.54. The van der Waals surface area contributed by atoms with Gasteiger partial charge in [0, 0.05) is 16.8 Å². The molecule has 6 rings (SSSR count). The number of carbonyl (C=O) groups excluding carboxylic acids is 1. The van der Waals surface area contributed by atoms with Crippen molar-refractivity contribution in [3.63, 3.8) is 0 Å². The van der Waals surface area contributed by atoms with Crippen LogP contribution < -0.4 is 5.32 Å². The lowest BCUT2D eigenvalue weighted by Gasteiger charge is -2.55. The fourth-order valence-corrected chi connectivity index (χ4v) is 7.75. The number of carbonyl (C=O) groups is 1. The number of thiophene rings is 1. The molecule has 0 aromatic carbocycles. The molecule has 150 valence electrons. The third kappa shape index (κ3) is 3.82. The summed E-state index contributed by atoms with van der Waals surface area (Å²) in [5.41, 5.74) is -0.0172. The number of halogens is 1. The number of amides is 1. The predicted octanol–water partition coefficient (Wildman–Crippen LogP) is 5.03. The summed E-state index contributed by atoms with van der Waals surface area (Å²) in [7, 11) is 0. The summed E-state index contributed by atoms with van der Waals surface area (Å²) in [5.74, 6) is 2.89. The van der Waals surface area contributed by atoms with Crippen LogP contribution in [0.3, 0.4) is 0 Å². The quantitative estimate of drug-likeness (QED) is 0.740. The standard InChI is InChI=1S/C22H32N2OS.ClH/c25-21(22-12-16-9-17(13-22)11-18(10-16)14-22)23-15-19(20-5-4-8-26-20)24-6-2-1-3-7-24;/h4-5,8,16-19H,1-3,6-7,9-15H2,(H,23,25);1H. The Bertz CT molecular complexity index is 605. The lowest BCUT2D eigenvalue weighted by atomic mass is 9.49. The van der Waals surface area contributed by atoms with Crippen LogP contribution in [0.15, 0.2) is 17.5 Å². The van der Waals surface area contributed by atoms with Crippen molar-refractivity contribution >= 4 is 29.7 Å². The SMILES string of the molecule is Cl.O=C(NCC(c1cccs1)N1CCCCC1)C12CC3CC(CC(C3)C1)C2. The normalized spacial score (nSPS) is 36.2. The van der Waals surface area contributed by atoms with E-state index in [9.17, 15) is 4.79 Å². The summed E-state index contributed by atoms with van der Waals surface area (Å²) in [5, 5.41) is 5.63. The Labute approximate surface area is 173 Å². The van der Waals surface area contributed by atoms with Gasteiger partial charge in [-0.05, 0) is 93.7 Å². The maximum absolute atomic E-state index is 13.3. The predicted molar refractivity (Wildman–Crippen MR) is 113 cm³/mol. The van der Waals surface area contributed by atoms with Crippen molar-refractivity contribution in [2.75, 3.05) is 19.6 Å². The maximum Gasteiger partial charge on any atom is 0.226 e. The van der Waals surface area contributed by atoms with Crippen LogP contribution in [0.5, 0.6) is 0 Å². The molecule has 1 saturated heterocycles. The summed E-state index contributed by atoms with van der Waals surface area (Å²) in [6.45, 7) is 3.15. The minimum Gasteiger partial charge on any atom is -0.354 e. The Hall–Kier alpha value is -0.580. The van der Waals surface area contributed by atoms with E-state index in [1.807, 2.05) is 11.3 Å². The van der Waals surface area contributed by atoms with Crippen molar-refractivity contribution in [2.45, 2.75) is 63.8 Å². The van der Waals surface area contributed by atoms with E-state index < -0.39 is 0 Å². The molecule has 5 heteroatoms. The average Bonchev–Trinajstić information content (AvgIpc) is 3.16. The fourth-order valence-electron chi connectivity index (χ4n) is 6.89. The molecule has 1 atom stereocenters. The second-order valence-corrected chi connectivity index (χ2v) is 10.5. The molecule has 27 heavy (non-hydrogen) atoms. The van der Waals surface area contributed by atoms with Crippen LogP contribution in [-0.4, -0.2) is 30.4 Å². The minimum absolute atomic E-state index is 0. The van der Waals surface area contributed by atoms with Crippen LogP contribution in [0.4, 0.5) is 0 Å². The lowest BCUT2D eigenvalue weighted by Crippen LogP contribution is -2.54. The first-order valence-corrected chi connectivity index (χ1v) is 11.7. The lowest BCUT2D eigenvalue weighted by molar-refractivity contribution is -0.146. The van der Waals surface area contributed by atoms with E-state index in [1.165, 1.54) is 75.8 Å². The highest BCUT2D eigenvalue weighted by Gasteiger charge is 2.54. The highest BCUT2D eigenvalue weighted by Crippen LogP contribution is 2.60. The van der Waals surface area contributed by atoms with Gasteiger partial charge < -0.3 is 5.32 Å². The van der Waals surface area contributed by atoms with Crippen molar-refractivity contribution in [1.29, 1.82) is 0 Å². The Balaban J connectivity index is 0.00000180. The van der Waals surface area contributed by atoms with E-state index in [0.29, 0.717) is 11.9 Å². The topological polar surface area (TPSA) is 32.3 Å². The monoisotopic (exact) mass is 408 g/mol. The van der Waals surface area contributed by atoms with Gasteiger partial charge in [0.15, 0.2) is 0 Å². The second kappa shape index (κ2) is 8.04. The fraction of sp³-hybridized carbons (Fsp3) is 0.773. The van der Waals surface area contributed by atoms with Crippen molar-refractivity contribution in [3.05, 3.63) is 22.4 Å². The third-order valence-electron chi connectivity index (χ3n) is 7.68. The molecule has 0 spiro atoms.